The Balaban J connectivity index is 1.59. The minimum atomic E-state index is 0.00166. The molecule has 3 heterocycles. The first-order valence-corrected chi connectivity index (χ1v) is 8.89. The lowest BCUT2D eigenvalue weighted by molar-refractivity contribution is -0.141. The molecule has 3 aliphatic rings. The number of fused-ring (bicyclic) bond motifs is 2. The van der Waals surface area contributed by atoms with Gasteiger partial charge in [0.2, 0.25) is 11.8 Å². The van der Waals surface area contributed by atoms with Crippen LogP contribution >= 0.6 is 0 Å². The second-order valence-corrected chi connectivity index (χ2v) is 7.24. The Kier molecular flexibility index (Phi) is 4.71. The zero-order chi connectivity index (χ0) is 15.7. The van der Waals surface area contributed by atoms with E-state index in [0.717, 1.165) is 32.2 Å². The lowest BCUT2D eigenvalue weighted by Crippen LogP contribution is -2.52. The Morgan fingerprint density at radius 1 is 1.18 bits per heavy atom. The summed E-state index contributed by atoms with van der Waals surface area (Å²) in [7, 11) is 1.97. The van der Waals surface area contributed by atoms with Gasteiger partial charge in [0.15, 0.2) is 0 Å². The van der Waals surface area contributed by atoms with Crippen LogP contribution in [0.25, 0.3) is 0 Å². The predicted molar refractivity (Wildman–Crippen MR) is 85.3 cm³/mol. The van der Waals surface area contributed by atoms with Crippen LogP contribution < -0.4 is 5.32 Å². The molecular formula is C17H29N3O2. The van der Waals surface area contributed by atoms with Gasteiger partial charge in [-0.15, -0.1) is 0 Å². The van der Waals surface area contributed by atoms with Crippen LogP contribution in [0.4, 0.5) is 0 Å². The highest BCUT2D eigenvalue weighted by molar-refractivity contribution is 5.81. The first-order valence-electron chi connectivity index (χ1n) is 8.89. The van der Waals surface area contributed by atoms with Crippen molar-refractivity contribution in [2.75, 3.05) is 20.1 Å². The number of hydrogen-bond donors (Lipinski definition) is 1. The number of amides is 2. The van der Waals surface area contributed by atoms with E-state index < -0.39 is 0 Å². The average molecular weight is 307 g/mol. The fourth-order valence-corrected chi connectivity index (χ4v) is 4.44. The van der Waals surface area contributed by atoms with Crippen LogP contribution in [0.15, 0.2) is 0 Å². The molecule has 0 saturated carbocycles. The topological polar surface area (TPSA) is 52.7 Å². The van der Waals surface area contributed by atoms with Crippen molar-refractivity contribution in [2.45, 2.75) is 70.0 Å². The zero-order valence-corrected chi connectivity index (χ0v) is 13.9. The maximum Gasteiger partial charge on any atom is 0.227 e. The van der Waals surface area contributed by atoms with Gasteiger partial charge in [-0.05, 0) is 38.5 Å². The fourth-order valence-electron chi connectivity index (χ4n) is 4.44. The van der Waals surface area contributed by atoms with E-state index in [4.69, 9.17) is 0 Å². The molecule has 5 nitrogen and oxygen atoms in total. The molecule has 0 aliphatic carbocycles. The number of piperidine rings is 2. The molecule has 3 aliphatic heterocycles. The van der Waals surface area contributed by atoms with Crippen molar-refractivity contribution in [1.29, 1.82) is 0 Å². The summed E-state index contributed by atoms with van der Waals surface area (Å²) in [5.74, 6) is 0.432. The molecule has 22 heavy (non-hydrogen) atoms. The summed E-state index contributed by atoms with van der Waals surface area (Å²) in [4.78, 5) is 28.6. The van der Waals surface area contributed by atoms with Crippen molar-refractivity contribution in [3.05, 3.63) is 0 Å². The van der Waals surface area contributed by atoms with Crippen molar-refractivity contribution in [3.63, 3.8) is 0 Å². The summed E-state index contributed by atoms with van der Waals surface area (Å²) in [6.45, 7) is 3.33. The molecule has 0 aromatic heterocycles. The van der Waals surface area contributed by atoms with Gasteiger partial charge in [-0.25, -0.2) is 0 Å². The Morgan fingerprint density at radius 3 is 2.50 bits per heavy atom. The van der Waals surface area contributed by atoms with E-state index in [-0.39, 0.29) is 17.7 Å². The maximum absolute atomic E-state index is 12.9. The number of nitrogens with zero attached hydrogens (tertiary/aromatic N) is 2. The number of rotatable bonds is 3. The molecule has 3 rings (SSSR count). The standard InChI is InChI=1S/C17H29N3O2/c1-3-16(21)20-8-4-5-12(11-20)17(22)19(2)15-9-13-6-7-14(10-15)18-13/h12-15,18H,3-11H2,1-2H3. The smallest absolute Gasteiger partial charge is 0.227 e. The van der Waals surface area contributed by atoms with E-state index in [1.54, 1.807) is 0 Å². The summed E-state index contributed by atoms with van der Waals surface area (Å²) < 4.78 is 0. The molecule has 2 amide bonds. The van der Waals surface area contributed by atoms with Gasteiger partial charge in [-0.1, -0.05) is 6.92 Å². The number of carbonyl (C=O) groups excluding carboxylic acids is 2. The highest BCUT2D eigenvalue weighted by Gasteiger charge is 2.38. The van der Waals surface area contributed by atoms with Gasteiger partial charge >= 0.3 is 0 Å². The molecule has 3 fully saturated rings. The minimum Gasteiger partial charge on any atom is -0.342 e. The molecule has 124 valence electrons. The van der Waals surface area contributed by atoms with Crippen LogP contribution in [0.3, 0.4) is 0 Å². The van der Waals surface area contributed by atoms with Gasteiger partial charge in [0.25, 0.3) is 0 Å². The molecule has 1 N–H and O–H groups in total. The predicted octanol–water partition coefficient (Wildman–Crippen LogP) is 1.38. The van der Waals surface area contributed by atoms with Gasteiger partial charge in [0, 0.05) is 44.7 Å². The Hall–Kier alpha value is -1.10. The fraction of sp³-hybridized carbons (Fsp3) is 0.882. The first kappa shape index (κ1) is 15.8. The van der Waals surface area contributed by atoms with E-state index in [0.29, 0.717) is 31.1 Å². The lowest BCUT2D eigenvalue weighted by Gasteiger charge is -2.39. The number of nitrogens with one attached hydrogen (secondary N) is 1. The SMILES string of the molecule is CCC(=O)N1CCCC(C(=O)N(C)C2CC3CCC(C2)N3)C1. The molecule has 0 aromatic carbocycles. The second-order valence-electron chi connectivity index (χ2n) is 7.24. The van der Waals surface area contributed by atoms with Gasteiger partial charge < -0.3 is 15.1 Å². The molecule has 0 radical (unpaired) electrons. The molecular weight excluding hydrogens is 278 g/mol. The van der Waals surface area contributed by atoms with Crippen LogP contribution in [-0.4, -0.2) is 59.9 Å². The molecule has 3 unspecified atom stereocenters. The van der Waals surface area contributed by atoms with E-state index >= 15 is 0 Å². The van der Waals surface area contributed by atoms with Gasteiger partial charge in [0.05, 0.1) is 5.92 Å². The monoisotopic (exact) mass is 307 g/mol. The molecule has 2 bridgehead atoms. The summed E-state index contributed by atoms with van der Waals surface area (Å²) in [5, 5.41) is 3.63. The van der Waals surface area contributed by atoms with Crippen molar-refractivity contribution < 1.29 is 9.59 Å². The summed E-state index contributed by atoms with van der Waals surface area (Å²) >= 11 is 0. The highest BCUT2D eigenvalue weighted by Crippen LogP contribution is 2.30. The highest BCUT2D eigenvalue weighted by atomic mass is 16.2. The average Bonchev–Trinajstić information content (AvgIpc) is 2.90. The Labute approximate surface area is 133 Å². The summed E-state index contributed by atoms with van der Waals surface area (Å²) in [5.41, 5.74) is 0. The number of hydrogen-bond acceptors (Lipinski definition) is 3. The summed E-state index contributed by atoms with van der Waals surface area (Å²) in [6.07, 6.45) is 7.10. The maximum atomic E-state index is 12.9. The number of carbonyl (C=O) groups is 2. The third kappa shape index (κ3) is 3.14. The molecule has 3 atom stereocenters. The molecule has 0 aromatic rings. The van der Waals surface area contributed by atoms with Crippen molar-refractivity contribution in [1.82, 2.24) is 15.1 Å². The first-order chi connectivity index (χ1) is 10.6. The van der Waals surface area contributed by atoms with E-state index in [9.17, 15) is 9.59 Å². The normalized spacial score (nSPS) is 34.5. The Morgan fingerprint density at radius 2 is 1.86 bits per heavy atom. The third-order valence-electron chi connectivity index (χ3n) is 5.77. The Bertz CT molecular complexity index is 428. The van der Waals surface area contributed by atoms with Crippen molar-refractivity contribution in [3.8, 4) is 0 Å². The largest absolute Gasteiger partial charge is 0.342 e. The van der Waals surface area contributed by atoms with Crippen LogP contribution in [-0.2, 0) is 9.59 Å². The quantitative estimate of drug-likeness (QED) is 0.857. The van der Waals surface area contributed by atoms with Crippen LogP contribution in [0.2, 0.25) is 0 Å². The van der Waals surface area contributed by atoms with E-state index in [1.165, 1.54) is 12.8 Å². The minimum absolute atomic E-state index is 0.00166. The van der Waals surface area contributed by atoms with E-state index in [1.807, 2.05) is 23.8 Å². The number of likely N-dealkylation sites (tertiary alicyclic amines) is 1. The van der Waals surface area contributed by atoms with Crippen molar-refractivity contribution in [2.24, 2.45) is 5.92 Å². The van der Waals surface area contributed by atoms with Crippen LogP contribution in [0.5, 0.6) is 0 Å². The van der Waals surface area contributed by atoms with Gasteiger partial charge in [-0.2, -0.15) is 0 Å². The van der Waals surface area contributed by atoms with Gasteiger partial charge in [0.1, 0.15) is 0 Å². The zero-order valence-electron chi connectivity index (χ0n) is 13.9. The second kappa shape index (κ2) is 6.57. The lowest BCUT2D eigenvalue weighted by atomic mass is 9.93. The van der Waals surface area contributed by atoms with Crippen LogP contribution in [0.1, 0.15) is 51.9 Å². The molecule has 5 heteroatoms. The van der Waals surface area contributed by atoms with Gasteiger partial charge in [-0.3, -0.25) is 9.59 Å². The van der Waals surface area contributed by atoms with Crippen LogP contribution in [0, 0.1) is 5.92 Å². The molecule has 0 spiro atoms. The summed E-state index contributed by atoms with van der Waals surface area (Å²) in [6, 6.07) is 1.58. The van der Waals surface area contributed by atoms with Crippen molar-refractivity contribution >= 4 is 11.8 Å². The van der Waals surface area contributed by atoms with E-state index in [2.05, 4.69) is 5.32 Å². The molecule has 3 saturated heterocycles. The third-order valence-corrected chi connectivity index (χ3v) is 5.77.